The van der Waals surface area contributed by atoms with E-state index in [0.29, 0.717) is 0 Å². The predicted octanol–water partition coefficient (Wildman–Crippen LogP) is 2.81. The minimum absolute atomic E-state index is 0.719. The van der Waals surface area contributed by atoms with Crippen molar-refractivity contribution in [3.05, 3.63) is 31.9 Å². The molecule has 1 aliphatic rings. The Kier molecular flexibility index (Phi) is 2.93. The van der Waals surface area contributed by atoms with E-state index in [2.05, 4.69) is 25.9 Å². The Bertz CT molecular complexity index is 494. The van der Waals surface area contributed by atoms with Gasteiger partial charge < -0.3 is 0 Å². The molecule has 0 atom stereocenters. The van der Waals surface area contributed by atoms with Crippen molar-refractivity contribution in [2.75, 3.05) is 6.54 Å². The first-order valence-corrected chi connectivity index (χ1v) is 7.10. The highest BCUT2D eigenvalue weighted by molar-refractivity contribution is 7.10. The Balaban J connectivity index is 1.73. The summed E-state index contributed by atoms with van der Waals surface area (Å²) >= 11 is 9.13. The van der Waals surface area contributed by atoms with Crippen LogP contribution in [0.25, 0.3) is 0 Å². The molecule has 3 rings (SSSR count). The molecule has 0 fully saturated rings. The number of thiophene rings is 1. The maximum Gasteiger partial charge on any atom is 0.138 e. The van der Waals surface area contributed by atoms with E-state index < -0.39 is 0 Å². The molecule has 0 radical (unpaired) electrons. The summed E-state index contributed by atoms with van der Waals surface area (Å²) in [6, 6.07) is 2.22. The standard InChI is InChI=1S/C10H10ClN3S2/c11-10-8(12-13-16-10)6-14-3-1-9-7(5-14)2-4-15-9/h2,4H,1,3,5-6H2. The van der Waals surface area contributed by atoms with Gasteiger partial charge in [-0.25, -0.2) is 0 Å². The lowest BCUT2D eigenvalue weighted by Crippen LogP contribution is -2.29. The summed E-state index contributed by atoms with van der Waals surface area (Å²) in [5, 5.41) is 6.22. The van der Waals surface area contributed by atoms with Crippen LogP contribution in [0.1, 0.15) is 16.1 Å². The van der Waals surface area contributed by atoms with E-state index in [1.165, 1.54) is 22.0 Å². The van der Waals surface area contributed by atoms with Crippen molar-refractivity contribution in [2.24, 2.45) is 0 Å². The normalized spacial score (nSPS) is 16.3. The monoisotopic (exact) mass is 271 g/mol. The van der Waals surface area contributed by atoms with Gasteiger partial charge in [0.25, 0.3) is 0 Å². The molecule has 0 unspecified atom stereocenters. The number of fused-ring (bicyclic) bond motifs is 1. The van der Waals surface area contributed by atoms with Gasteiger partial charge in [0.2, 0.25) is 0 Å². The fourth-order valence-corrected chi connectivity index (χ4v) is 3.45. The lowest BCUT2D eigenvalue weighted by atomic mass is 10.1. The molecule has 2 aromatic rings. The fraction of sp³-hybridized carbons (Fsp3) is 0.400. The van der Waals surface area contributed by atoms with Crippen LogP contribution in [0, 0.1) is 0 Å². The van der Waals surface area contributed by atoms with Crippen molar-refractivity contribution in [3.8, 4) is 0 Å². The number of nitrogens with zero attached hydrogens (tertiary/aromatic N) is 3. The third kappa shape index (κ3) is 2.00. The second kappa shape index (κ2) is 4.41. The summed E-state index contributed by atoms with van der Waals surface area (Å²) in [7, 11) is 0. The first kappa shape index (κ1) is 10.7. The van der Waals surface area contributed by atoms with E-state index in [-0.39, 0.29) is 0 Å². The second-order valence-corrected chi connectivity index (χ2v) is 6.18. The third-order valence-electron chi connectivity index (χ3n) is 2.77. The van der Waals surface area contributed by atoms with Crippen LogP contribution in [-0.4, -0.2) is 21.0 Å². The van der Waals surface area contributed by atoms with E-state index >= 15 is 0 Å². The van der Waals surface area contributed by atoms with Gasteiger partial charge in [0.15, 0.2) is 0 Å². The van der Waals surface area contributed by atoms with Gasteiger partial charge in [-0.05, 0) is 23.4 Å². The number of hydrogen-bond acceptors (Lipinski definition) is 5. The summed E-state index contributed by atoms with van der Waals surface area (Å²) in [6.07, 6.45) is 1.14. The molecule has 0 spiro atoms. The van der Waals surface area contributed by atoms with Gasteiger partial charge in [-0.1, -0.05) is 16.1 Å². The number of aromatic nitrogens is 2. The van der Waals surface area contributed by atoms with E-state index in [0.717, 1.165) is 36.1 Å². The Labute approximate surface area is 107 Å². The molecule has 1 aliphatic heterocycles. The van der Waals surface area contributed by atoms with Gasteiger partial charge >= 0.3 is 0 Å². The second-order valence-electron chi connectivity index (χ2n) is 3.82. The number of hydrogen-bond donors (Lipinski definition) is 0. The van der Waals surface area contributed by atoms with Crippen LogP contribution in [0.3, 0.4) is 0 Å². The molecule has 16 heavy (non-hydrogen) atoms. The molecule has 3 heterocycles. The lowest BCUT2D eigenvalue weighted by molar-refractivity contribution is 0.244. The first-order chi connectivity index (χ1) is 7.83. The van der Waals surface area contributed by atoms with E-state index in [9.17, 15) is 0 Å². The molecule has 0 bridgehead atoms. The Morgan fingerprint density at radius 3 is 3.25 bits per heavy atom. The highest BCUT2D eigenvalue weighted by atomic mass is 35.5. The van der Waals surface area contributed by atoms with Crippen LogP contribution in [0.2, 0.25) is 4.34 Å². The maximum atomic E-state index is 6.01. The zero-order valence-electron chi connectivity index (χ0n) is 8.52. The molecule has 0 saturated carbocycles. The van der Waals surface area contributed by atoms with Crippen LogP contribution in [0.4, 0.5) is 0 Å². The minimum atomic E-state index is 0.719. The largest absolute Gasteiger partial charge is 0.293 e. The minimum Gasteiger partial charge on any atom is -0.293 e. The fourth-order valence-electron chi connectivity index (χ4n) is 1.94. The molecule has 84 valence electrons. The SMILES string of the molecule is Clc1snnc1CN1CCc2sccc2C1. The van der Waals surface area contributed by atoms with Crippen LogP contribution in [-0.2, 0) is 19.5 Å². The van der Waals surface area contributed by atoms with Gasteiger partial charge in [0, 0.05) is 36.0 Å². The van der Waals surface area contributed by atoms with Crippen LogP contribution < -0.4 is 0 Å². The van der Waals surface area contributed by atoms with Crippen molar-refractivity contribution in [1.29, 1.82) is 0 Å². The topological polar surface area (TPSA) is 29.0 Å². The van der Waals surface area contributed by atoms with Gasteiger partial charge in [-0.2, -0.15) is 0 Å². The molecule has 0 saturated heterocycles. The maximum absolute atomic E-state index is 6.01. The summed E-state index contributed by atoms with van der Waals surface area (Å²) < 4.78 is 4.58. The zero-order valence-corrected chi connectivity index (χ0v) is 10.9. The predicted molar refractivity (Wildman–Crippen MR) is 67.1 cm³/mol. The van der Waals surface area contributed by atoms with Gasteiger partial charge in [-0.15, -0.1) is 16.4 Å². The first-order valence-electron chi connectivity index (χ1n) is 5.07. The quantitative estimate of drug-likeness (QED) is 0.841. The molecule has 3 nitrogen and oxygen atoms in total. The van der Waals surface area contributed by atoms with Crippen molar-refractivity contribution in [2.45, 2.75) is 19.5 Å². The summed E-state index contributed by atoms with van der Waals surface area (Å²) in [6.45, 7) is 2.90. The molecule has 0 aromatic carbocycles. The Hall–Kier alpha value is -0.490. The average molecular weight is 272 g/mol. The lowest BCUT2D eigenvalue weighted by Gasteiger charge is -2.25. The zero-order chi connectivity index (χ0) is 11.0. The van der Waals surface area contributed by atoms with Crippen molar-refractivity contribution < 1.29 is 0 Å². The molecular weight excluding hydrogens is 262 g/mol. The van der Waals surface area contributed by atoms with Crippen molar-refractivity contribution in [3.63, 3.8) is 0 Å². The van der Waals surface area contributed by atoms with Crippen LogP contribution in [0.5, 0.6) is 0 Å². The van der Waals surface area contributed by atoms with E-state index in [1.54, 1.807) is 0 Å². The Morgan fingerprint density at radius 2 is 2.44 bits per heavy atom. The molecule has 0 aliphatic carbocycles. The summed E-state index contributed by atoms with van der Waals surface area (Å²) in [5.41, 5.74) is 2.36. The Morgan fingerprint density at radius 1 is 1.50 bits per heavy atom. The van der Waals surface area contributed by atoms with Crippen LogP contribution in [0.15, 0.2) is 11.4 Å². The smallest absolute Gasteiger partial charge is 0.138 e. The van der Waals surface area contributed by atoms with Gasteiger partial charge in [-0.3, -0.25) is 4.90 Å². The van der Waals surface area contributed by atoms with Gasteiger partial charge in [0.05, 0.1) is 0 Å². The molecular formula is C10H10ClN3S2. The third-order valence-corrected chi connectivity index (χ3v) is 4.78. The van der Waals surface area contributed by atoms with Crippen molar-refractivity contribution in [1.82, 2.24) is 14.5 Å². The van der Waals surface area contributed by atoms with Gasteiger partial charge in [0.1, 0.15) is 10.0 Å². The average Bonchev–Trinajstić information content (AvgIpc) is 2.88. The van der Waals surface area contributed by atoms with Crippen molar-refractivity contribution >= 4 is 34.5 Å². The highest BCUT2D eigenvalue weighted by Crippen LogP contribution is 2.26. The van der Waals surface area contributed by atoms with E-state index in [4.69, 9.17) is 11.6 Å². The number of halogens is 1. The summed E-state index contributed by atoms with van der Waals surface area (Å²) in [4.78, 5) is 3.90. The summed E-state index contributed by atoms with van der Waals surface area (Å²) in [5.74, 6) is 0. The number of rotatable bonds is 2. The molecule has 6 heteroatoms. The molecule has 2 aromatic heterocycles. The molecule has 0 N–H and O–H groups in total. The van der Waals surface area contributed by atoms with E-state index in [1.807, 2.05) is 11.3 Å². The highest BCUT2D eigenvalue weighted by Gasteiger charge is 2.19. The molecule has 0 amide bonds. The van der Waals surface area contributed by atoms with Crippen LogP contribution >= 0.6 is 34.5 Å².